The van der Waals surface area contributed by atoms with Gasteiger partial charge in [-0.15, -0.1) is 0 Å². The normalized spacial score (nSPS) is 34.6. The van der Waals surface area contributed by atoms with Gasteiger partial charge in [-0.1, -0.05) is 46.0 Å². The van der Waals surface area contributed by atoms with Crippen molar-refractivity contribution in [3.05, 3.63) is 58.7 Å². The molecule has 7 nitrogen and oxygen atoms in total. The summed E-state index contributed by atoms with van der Waals surface area (Å²) < 4.78 is 4.61. The van der Waals surface area contributed by atoms with Crippen LogP contribution >= 0.6 is 0 Å². The van der Waals surface area contributed by atoms with E-state index in [4.69, 9.17) is 4.84 Å². The zero-order chi connectivity index (χ0) is 32.2. The summed E-state index contributed by atoms with van der Waals surface area (Å²) in [6, 6.07) is 11.8. The van der Waals surface area contributed by atoms with E-state index in [0.717, 1.165) is 69.9 Å². The molecule has 2 aromatic carbocycles. The lowest BCUT2D eigenvalue weighted by Gasteiger charge is -2.49. The Kier molecular flexibility index (Phi) is 10.4. The maximum atomic E-state index is 12.3. The number of hydrogen-bond donors (Lipinski definition) is 2. The summed E-state index contributed by atoms with van der Waals surface area (Å²) in [6.07, 6.45) is 12.9. The first-order valence-corrected chi connectivity index (χ1v) is 17.6. The number of phenolic OH excluding ortho intramolecular Hbond substituents is 2. The molecule has 8 rings (SSSR count). The van der Waals surface area contributed by atoms with Crippen LogP contribution in [0.4, 0.5) is 0 Å². The van der Waals surface area contributed by atoms with Crippen LogP contribution in [-0.4, -0.2) is 41.4 Å². The van der Waals surface area contributed by atoms with Crippen LogP contribution in [0.25, 0.3) is 0 Å². The predicted molar refractivity (Wildman–Crippen MR) is 189 cm³/mol. The molecule has 0 spiro atoms. The molecule has 6 unspecified atom stereocenters. The molecule has 2 N–H and O–H groups in total. The van der Waals surface area contributed by atoms with Gasteiger partial charge in [0.05, 0.1) is 12.8 Å². The Balaban J connectivity index is 0.000000185. The Morgan fingerprint density at radius 1 is 0.771 bits per heavy atom. The number of aromatic hydroxyl groups is 2. The molecule has 48 heavy (non-hydrogen) atoms. The summed E-state index contributed by atoms with van der Waals surface area (Å²) >= 11 is 0. The fourth-order valence-electron chi connectivity index (χ4n) is 11.1. The van der Waals surface area contributed by atoms with Crippen molar-refractivity contribution in [2.75, 3.05) is 13.7 Å². The van der Waals surface area contributed by atoms with E-state index in [-0.39, 0.29) is 32.3 Å². The second-order valence-electron chi connectivity index (χ2n) is 15.4. The highest BCUT2D eigenvalue weighted by molar-refractivity contribution is 5.92. The number of carbonyl (C=O) groups excluding carboxylic acids is 2. The number of benzene rings is 2. The number of methoxy groups -OCH3 is 1. The number of oxime groups is 1. The van der Waals surface area contributed by atoms with Gasteiger partial charge in [-0.25, -0.2) is 4.79 Å². The van der Waals surface area contributed by atoms with Gasteiger partial charge in [0.15, 0.2) is 0 Å². The van der Waals surface area contributed by atoms with Gasteiger partial charge >= 0.3 is 5.97 Å². The third-order valence-corrected chi connectivity index (χ3v) is 13.5. The first-order chi connectivity index (χ1) is 22.1. The van der Waals surface area contributed by atoms with Crippen LogP contribution in [0.1, 0.15) is 127 Å². The third kappa shape index (κ3) is 6.04. The number of nitrogens with zero attached hydrogens (tertiary/aromatic N) is 1. The molecule has 262 valence electrons. The van der Waals surface area contributed by atoms with Gasteiger partial charge in [-0.05, 0) is 153 Å². The van der Waals surface area contributed by atoms with Crippen molar-refractivity contribution in [3.63, 3.8) is 0 Å². The lowest BCUT2D eigenvalue weighted by Crippen LogP contribution is -2.42. The average Bonchev–Trinajstić information content (AvgIpc) is 3.55. The van der Waals surface area contributed by atoms with Crippen LogP contribution in [0.15, 0.2) is 41.6 Å². The topological polar surface area (TPSA) is 105 Å². The van der Waals surface area contributed by atoms with Gasteiger partial charge in [0.2, 0.25) is 6.61 Å². The molecule has 6 aliphatic carbocycles. The number of esters is 1. The number of phenols is 2. The highest BCUT2D eigenvalue weighted by Gasteiger charge is 2.55. The molecule has 0 saturated heterocycles. The SMILES string of the molecule is C.C.COC(=O)CO/N=C1\CCC2C3CCc4cc(O)ccc4C3CC[C@]12C.C[C@]12CCC3c4ccc(O)cc4CCC3C1CCC2=O. The Morgan fingerprint density at radius 3 is 1.85 bits per heavy atom. The van der Waals surface area contributed by atoms with Gasteiger partial charge in [-0.3, -0.25) is 4.79 Å². The third-order valence-electron chi connectivity index (χ3n) is 13.5. The Labute approximate surface area is 287 Å². The predicted octanol–water partition coefficient (Wildman–Crippen LogP) is 8.88. The van der Waals surface area contributed by atoms with Crippen LogP contribution in [0.3, 0.4) is 0 Å². The monoisotopic (exact) mass is 659 g/mol. The zero-order valence-corrected chi connectivity index (χ0v) is 27.6. The number of rotatable bonds is 3. The van der Waals surface area contributed by atoms with Crippen LogP contribution in [-0.2, 0) is 32.0 Å². The smallest absolute Gasteiger partial charge is 0.346 e. The summed E-state index contributed by atoms with van der Waals surface area (Å²) in [5.74, 6) is 4.63. The summed E-state index contributed by atoms with van der Waals surface area (Å²) in [5, 5.41) is 23.8. The molecular formula is C41H57NO6. The van der Waals surface area contributed by atoms with Crippen molar-refractivity contribution in [3.8, 4) is 11.5 Å². The van der Waals surface area contributed by atoms with Gasteiger partial charge < -0.3 is 19.8 Å². The molecule has 0 aliphatic heterocycles. The fourth-order valence-corrected chi connectivity index (χ4v) is 11.1. The average molecular weight is 660 g/mol. The van der Waals surface area contributed by atoms with Crippen LogP contribution in [0.2, 0.25) is 0 Å². The van der Waals surface area contributed by atoms with E-state index in [1.807, 2.05) is 24.3 Å². The van der Waals surface area contributed by atoms with E-state index < -0.39 is 5.97 Å². The maximum absolute atomic E-state index is 12.3. The van der Waals surface area contributed by atoms with Gasteiger partial charge in [0.25, 0.3) is 0 Å². The number of ether oxygens (including phenoxy) is 1. The minimum Gasteiger partial charge on any atom is -0.508 e. The molecule has 8 atom stereocenters. The summed E-state index contributed by atoms with van der Waals surface area (Å²) in [4.78, 5) is 28.8. The molecule has 0 bridgehead atoms. The summed E-state index contributed by atoms with van der Waals surface area (Å²) in [6.45, 7) is 4.42. The number of hydrogen-bond acceptors (Lipinski definition) is 7. The van der Waals surface area contributed by atoms with Crippen LogP contribution in [0.5, 0.6) is 11.5 Å². The first-order valence-electron chi connectivity index (χ1n) is 17.6. The van der Waals surface area contributed by atoms with E-state index in [2.05, 4.69) is 35.9 Å². The van der Waals surface area contributed by atoms with E-state index in [1.165, 1.54) is 42.2 Å². The molecule has 0 amide bonds. The Hall–Kier alpha value is -3.35. The summed E-state index contributed by atoms with van der Waals surface area (Å²) in [7, 11) is 1.35. The highest BCUT2D eigenvalue weighted by atomic mass is 16.6. The van der Waals surface area contributed by atoms with Crippen LogP contribution in [0, 0.1) is 34.5 Å². The molecule has 4 saturated carbocycles. The van der Waals surface area contributed by atoms with Crippen molar-refractivity contribution < 1.29 is 29.4 Å². The second kappa shape index (κ2) is 13.9. The molecule has 4 fully saturated rings. The van der Waals surface area contributed by atoms with E-state index >= 15 is 0 Å². The Bertz CT molecular complexity index is 1550. The maximum Gasteiger partial charge on any atom is 0.346 e. The molecular weight excluding hydrogens is 602 g/mol. The lowest BCUT2D eigenvalue weighted by atomic mass is 9.55. The molecule has 7 heteroatoms. The number of Topliss-reactive ketones (excluding diaryl/α,β-unsaturated/α-hetero) is 1. The molecule has 0 heterocycles. The number of ketones is 1. The largest absolute Gasteiger partial charge is 0.508 e. The number of fused-ring (bicyclic) bond motifs is 10. The van der Waals surface area contributed by atoms with Gasteiger partial charge in [0.1, 0.15) is 17.3 Å². The zero-order valence-electron chi connectivity index (χ0n) is 27.6. The minimum absolute atomic E-state index is 0. The second-order valence-corrected chi connectivity index (χ2v) is 15.4. The number of carbonyl (C=O) groups is 2. The van der Waals surface area contributed by atoms with Crippen molar-refractivity contribution in [1.82, 2.24) is 0 Å². The quantitative estimate of drug-likeness (QED) is 0.252. The van der Waals surface area contributed by atoms with E-state index in [9.17, 15) is 19.8 Å². The molecule has 0 radical (unpaired) electrons. The molecule has 6 aliphatic rings. The van der Waals surface area contributed by atoms with Crippen molar-refractivity contribution in [2.24, 2.45) is 39.7 Å². The van der Waals surface area contributed by atoms with Crippen molar-refractivity contribution in [1.29, 1.82) is 0 Å². The molecule has 0 aromatic heterocycles. The minimum atomic E-state index is -0.398. The van der Waals surface area contributed by atoms with E-state index in [0.29, 0.717) is 52.8 Å². The summed E-state index contributed by atoms with van der Waals surface area (Å²) in [5.41, 5.74) is 6.69. The standard InChI is InChI=1S/C21H27NO4.C18H22O2.2CH4/c1-21-10-9-16-15-6-4-14(23)11-13(15)3-5-17(16)18(21)7-8-19(21)22-26-12-20(24)25-2;1-18-9-8-14-13-5-3-12(19)10-11(13)2-4-15(14)16(18)6-7-17(18)20;;/h4,6,11,16-18,23H,3,5,7-10,12H2,1-2H3;3,5,10,14-16,19H,2,4,6-9H2,1H3;2*1H4/b22-19+;;;/t16?,17?,18?,21-;14?,15?,16?,18-;;/m00../s1. The lowest BCUT2D eigenvalue weighted by molar-refractivity contribution is -0.145. The first kappa shape index (κ1) is 35.9. The fraction of sp³-hybridized carbons (Fsp3) is 0.634. The van der Waals surface area contributed by atoms with Crippen molar-refractivity contribution in [2.45, 2.75) is 118 Å². The highest BCUT2D eigenvalue weighted by Crippen LogP contribution is 2.61. The Morgan fingerprint density at radius 2 is 1.29 bits per heavy atom. The van der Waals surface area contributed by atoms with Gasteiger partial charge in [0, 0.05) is 17.3 Å². The van der Waals surface area contributed by atoms with E-state index in [1.54, 1.807) is 0 Å². The molecule has 2 aromatic rings. The van der Waals surface area contributed by atoms with Gasteiger partial charge in [-0.2, -0.15) is 0 Å². The van der Waals surface area contributed by atoms with Crippen molar-refractivity contribution >= 4 is 17.5 Å². The van der Waals surface area contributed by atoms with Crippen LogP contribution < -0.4 is 0 Å². The number of aryl methyl sites for hydroxylation is 2.